The molecule has 0 unspecified atom stereocenters. The molecule has 5 heteroatoms. The van der Waals surface area contributed by atoms with Gasteiger partial charge in [-0.15, -0.1) is 5.10 Å². The molecule has 0 bridgehead atoms. The number of aliphatic hydroxyl groups is 1. The highest BCUT2D eigenvalue weighted by Gasteiger charge is 2.27. The Morgan fingerprint density at radius 3 is 2.39 bits per heavy atom. The maximum atomic E-state index is 9.18. The Kier molecular flexibility index (Phi) is 4.47. The van der Waals surface area contributed by atoms with E-state index in [4.69, 9.17) is 0 Å². The summed E-state index contributed by atoms with van der Waals surface area (Å²) < 4.78 is 0. The molecule has 0 aromatic carbocycles. The van der Waals surface area contributed by atoms with Crippen molar-refractivity contribution in [2.45, 2.75) is 52.0 Å². The SMILES string of the molecule is CCc1nnc(N(CCO)C2CCC2)nc1CC. The molecule has 0 aliphatic heterocycles. The Morgan fingerprint density at radius 2 is 1.89 bits per heavy atom. The van der Waals surface area contributed by atoms with Crippen molar-refractivity contribution in [1.82, 2.24) is 15.2 Å². The fraction of sp³-hybridized carbons (Fsp3) is 0.769. The molecule has 0 saturated heterocycles. The van der Waals surface area contributed by atoms with E-state index in [1.165, 1.54) is 19.3 Å². The lowest BCUT2D eigenvalue weighted by Gasteiger charge is -2.37. The quantitative estimate of drug-likeness (QED) is 0.825. The third-order valence-electron chi connectivity index (χ3n) is 3.61. The summed E-state index contributed by atoms with van der Waals surface area (Å²) in [6.45, 7) is 4.90. The lowest BCUT2D eigenvalue weighted by molar-refractivity contribution is 0.281. The van der Waals surface area contributed by atoms with Crippen molar-refractivity contribution in [2.24, 2.45) is 0 Å². The average molecular weight is 250 g/mol. The van der Waals surface area contributed by atoms with Gasteiger partial charge < -0.3 is 10.0 Å². The van der Waals surface area contributed by atoms with Gasteiger partial charge in [0.15, 0.2) is 0 Å². The predicted octanol–water partition coefficient (Wildman–Crippen LogP) is 1.35. The van der Waals surface area contributed by atoms with E-state index in [0.717, 1.165) is 24.2 Å². The number of anilines is 1. The molecule has 1 saturated carbocycles. The lowest BCUT2D eigenvalue weighted by Crippen LogP contribution is -2.43. The highest BCUT2D eigenvalue weighted by molar-refractivity contribution is 5.33. The van der Waals surface area contributed by atoms with Crippen LogP contribution in [-0.2, 0) is 12.8 Å². The van der Waals surface area contributed by atoms with Crippen molar-refractivity contribution in [2.75, 3.05) is 18.1 Å². The Labute approximate surface area is 108 Å². The Bertz CT molecular complexity index is 393. The van der Waals surface area contributed by atoms with E-state index >= 15 is 0 Å². The summed E-state index contributed by atoms with van der Waals surface area (Å²) in [7, 11) is 0. The first-order valence-corrected chi connectivity index (χ1v) is 6.90. The van der Waals surface area contributed by atoms with Crippen LogP contribution in [0.15, 0.2) is 0 Å². The van der Waals surface area contributed by atoms with Gasteiger partial charge in [0.1, 0.15) is 0 Å². The van der Waals surface area contributed by atoms with E-state index in [0.29, 0.717) is 18.5 Å². The van der Waals surface area contributed by atoms with Crippen molar-refractivity contribution in [3.05, 3.63) is 11.4 Å². The maximum absolute atomic E-state index is 9.18. The van der Waals surface area contributed by atoms with Crippen LogP contribution in [0, 0.1) is 0 Å². The summed E-state index contributed by atoms with van der Waals surface area (Å²) in [6, 6.07) is 0.483. The summed E-state index contributed by atoms with van der Waals surface area (Å²) in [5.74, 6) is 0.683. The molecule has 1 aliphatic carbocycles. The third kappa shape index (κ3) is 2.61. The molecule has 1 aromatic rings. The largest absolute Gasteiger partial charge is 0.395 e. The van der Waals surface area contributed by atoms with E-state index in [2.05, 4.69) is 33.9 Å². The van der Waals surface area contributed by atoms with Crippen LogP contribution in [0.25, 0.3) is 0 Å². The molecule has 18 heavy (non-hydrogen) atoms. The van der Waals surface area contributed by atoms with Crippen LogP contribution < -0.4 is 4.90 Å². The molecule has 5 nitrogen and oxygen atoms in total. The van der Waals surface area contributed by atoms with Crippen molar-refractivity contribution >= 4 is 5.95 Å². The van der Waals surface area contributed by atoms with Crippen molar-refractivity contribution in [3.8, 4) is 0 Å². The van der Waals surface area contributed by atoms with E-state index in [-0.39, 0.29) is 6.61 Å². The van der Waals surface area contributed by atoms with Gasteiger partial charge >= 0.3 is 0 Å². The maximum Gasteiger partial charge on any atom is 0.245 e. The number of hydrogen-bond donors (Lipinski definition) is 1. The zero-order valence-corrected chi connectivity index (χ0v) is 11.3. The molecule has 0 amide bonds. The number of aryl methyl sites for hydroxylation is 2. The van der Waals surface area contributed by atoms with Crippen LogP contribution in [-0.4, -0.2) is 39.5 Å². The fourth-order valence-electron chi connectivity index (χ4n) is 2.30. The minimum Gasteiger partial charge on any atom is -0.395 e. The summed E-state index contributed by atoms with van der Waals surface area (Å²) >= 11 is 0. The van der Waals surface area contributed by atoms with Gasteiger partial charge in [-0.1, -0.05) is 13.8 Å². The summed E-state index contributed by atoms with van der Waals surface area (Å²) in [5.41, 5.74) is 2.02. The van der Waals surface area contributed by atoms with Gasteiger partial charge in [0, 0.05) is 12.6 Å². The minimum absolute atomic E-state index is 0.136. The van der Waals surface area contributed by atoms with E-state index in [9.17, 15) is 5.11 Å². The normalized spacial score (nSPS) is 15.5. The van der Waals surface area contributed by atoms with E-state index in [1.54, 1.807) is 0 Å². The first kappa shape index (κ1) is 13.2. The first-order valence-electron chi connectivity index (χ1n) is 6.90. The summed E-state index contributed by atoms with van der Waals surface area (Å²) in [5, 5.41) is 17.7. The van der Waals surface area contributed by atoms with Crippen molar-refractivity contribution in [3.63, 3.8) is 0 Å². The third-order valence-corrected chi connectivity index (χ3v) is 3.61. The number of hydrogen-bond acceptors (Lipinski definition) is 5. The molecule has 1 N–H and O–H groups in total. The van der Waals surface area contributed by atoms with Crippen LogP contribution in [0.4, 0.5) is 5.95 Å². The Balaban J connectivity index is 2.23. The summed E-state index contributed by atoms with van der Waals surface area (Å²) in [4.78, 5) is 6.73. The zero-order chi connectivity index (χ0) is 13.0. The number of rotatable bonds is 6. The molecule has 0 radical (unpaired) electrons. The monoisotopic (exact) mass is 250 g/mol. The number of aromatic nitrogens is 3. The lowest BCUT2D eigenvalue weighted by atomic mass is 9.92. The molecular formula is C13H22N4O. The highest BCUT2D eigenvalue weighted by Crippen LogP contribution is 2.27. The topological polar surface area (TPSA) is 62.1 Å². The molecule has 1 aliphatic rings. The minimum atomic E-state index is 0.136. The smallest absolute Gasteiger partial charge is 0.245 e. The van der Waals surface area contributed by atoms with Crippen LogP contribution in [0.5, 0.6) is 0 Å². The van der Waals surface area contributed by atoms with Gasteiger partial charge in [0.25, 0.3) is 0 Å². The predicted molar refractivity (Wildman–Crippen MR) is 70.7 cm³/mol. The molecule has 2 rings (SSSR count). The average Bonchev–Trinajstić information content (AvgIpc) is 2.35. The second-order valence-electron chi connectivity index (χ2n) is 4.71. The van der Waals surface area contributed by atoms with Crippen molar-refractivity contribution < 1.29 is 5.11 Å². The number of aliphatic hydroxyl groups excluding tert-OH is 1. The van der Waals surface area contributed by atoms with Gasteiger partial charge in [0.2, 0.25) is 5.95 Å². The first-order chi connectivity index (χ1) is 8.80. The molecule has 1 aromatic heterocycles. The van der Waals surface area contributed by atoms with Gasteiger partial charge in [-0.2, -0.15) is 5.10 Å². The van der Waals surface area contributed by atoms with Crippen LogP contribution in [0.3, 0.4) is 0 Å². The number of nitrogens with zero attached hydrogens (tertiary/aromatic N) is 4. The second-order valence-corrected chi connectivity index (χ2v) is 4.71. The van der Waals surface area contributed by atoms with Crippen LogP contribution >= 0.6 is 0 Å². The molecule has 1 heterocycles. The molecule has 1 fully saturated rings. The summed E-state index contributed by atoms with van der Waals surface area (Å²) in [6.07, 6.45) is 5.34. The van der Waals surface area contributed by atoms with Gasteiger partial charge in [-0.25, -0.2) is 4.98 Å². The van der Waals surface area contributed by atoms with Crippen LogP contribution in [0.1, 0.15) is 44.5 Å². The van der Waals surface area contributed by atoms with E-state index < -0.39 is 0 Å². The van der Waals surface area contributed by atoms with Gasteiger partial charge in [-0.05, 0) is 32.1 Å². The molecule has 0 atom stereocenters. The Hall–Kier alpha value is -1.23. The highest BCUT2D eigenvalue weighted by atomic mass is 16.3. The molecule has 100 valence electrons. The van der Waals surface area contributed by atoms with Crippen LogP contribution in [0.2, 0.25) is 0 Å². The van der Waals surface area contributed by atoms with Gasteiger partial charge in [0.05, 0.1) is 18.0 Å². The molecular weight excluding hydrogens is 228 g/mol. The second kappa shape index (κ2) is 6.09. The van der Waals surface area contributed by atoms with E-state index in [1.807, 2.05) is 0 Å². The van der Waals surface area contributed by atoms with Gasteiger partial charge in [-0.3, -0.25) is 0 Å². The standard InChI is InChI=1S/C13H22N4O/c1-3-11-12(4-2)15-16-13(14-11)17(8-9-18)10-6-5-7-10/h10,18H,3-9H2,1-2H3. The zero-order valence-electron chi connectivity index (χ0n) is 11.3. The molecule has 0 spiro atoms. The van der Waals surface area contributed by atoms with Crippen molar-refractivity contribution in [1.29, 1.82) is 0 Å². The fourth-order valence-corrected chi connectivity index (χ4v) is 2.30. The Morgan fingerprint density at radius 1 is 1.17 bits per heavy atom.